The summed E-state index contributed by atoms with van der Waals surface area (Å²) in [6, 6.07) is 1.50. The van der Waals surface area contributed by atoms with Gasteiger partial charge < -0.3 is 19.7 Å². The highest BCUT2D eigenvalue weighted by molar-refractivity contribution is 5.95. The van der Waals surface area contributed by atoms with Gasteiger partial charge >= 0.3 is 5.97 Å². The summed E-state index contributed by atoms with van der Waals surface area (Å²) in [6.07, 6.45) is 4.42. The maximum atomic E-state index is 12.0. The van der Waals surface area contributed by atoms with Gasteiger partial charge in [-0.25, -0.2) is 4.79 Å². The number of hydrogen-bond acceptors (Lipinski definition) is 5. The zero-order valence-electron chi connectivity index (χ0n) is 13.6. The van der Waals surface area contributed by atoms with Crippen molar-refractivity contribution in [3.8, 4) is 11.5 Å². The number of carbonyl (C=O) groups excluding carboxylic acids is 1. The van der Waals surface area contributed by atoms with Gasteiger partial charge in [0, 0.05) is 18.6 Å². The molecule has 0 amide bonds. The first-order valence-electron chi connectivity index (χ1n) is 7.74. The lowest BCUT2D eigenvalue weighted by Crippen LogP contribution is -2.12. The van der Waals surface area contributed by atoms with Gasteiger partial charge in [-0.2, -0.15) is 0 Å². The lowest BCUT2D eigenvalue weighted by molar-refractivity contribution is 0.0594. The highest BCUT2D eigenvalue weighted by Crippen LogP contribution is 2.35. The van der Waals surface area contributed by atoms with Crippen molar-refractivity contribution in [2.24, 2.45) is 0 Å². The number of aliphatic hydroxyl groups excluding tert-OH is 1. The second-order valence-corrected chi connectivity index (χ2v) is 5.27. The van der Waals surface area contributed by atoms with Crippen LogP contribution in [0.15, 0.2) is 6.07 Å². The number of phenols is 1. The van der Waals surface area contributed by atoms with Crippen LogP contribution in [0.3, 0.4) is 0 Å². The monoisotopic (exact) mass is 310 g/mol. The number of ether oxygens (including phenoxy) is 2. The first kappa shape index (κ1) is 18.3. The zero-order chi connectivity index (χ0) is 16.5. The van der Waals surface area contributed by atoms with E-state index in [0.717, 1.165) is 25.7 Å². The first-order chi connectivity index (χ1) is 10.6. The van der Waals surface area contributed by atoms with E-state index in [1.165, 1.54) is 13.2 Å². The van der Waals surface area contributed by atoms with Crippen LogP contribution in [0.4, 0.5) is 0 Å². The standard InChI is InChI=1S/C17H26O5/c1-4-5-6-7-10-22-16-13(8-9-18)14(19)11-12(2)15(16)17(20)21-3/h11,18-19H,4-10H2,1-3H3. The third-order valence-corrected chi connectivity index (χ3v) is 3.55. The minimum Gasteiger partial charge on any atom is -0.508 e. The second-order valence-electron chi connectivity index (χ2n) is 5.27. The number of unbranched alkanes of at least 4 members (excludes halogenated alkanes) is 3. The molecule has 0 atom stereocenters. The number of aryl methyl sites for hydroxylation is 1. The van der Waals surface area contributed by atoms with Gasteiger partial charge in [-0.15, -0.1) is 0 Å². The lowest BCUT2D eigenvalue weighted by Gasteiger charge is -2.18. The Morgan fingerprint density at radius 2 is 2.00 bits per heavy atom. The van der Waals surface area contributed by atoms with Crippen LogP contribution >= 0.6 is 0 Å². The minimum absolute atomic E-state index is 0.0303. The molecule has 1 rings (SSSR count). The van der Waals surface area contributed by atoms with Crippen LogP contribution in [-0.4, -0.2) is 36.5 Å². The Morgan fingerprint density at radius 3 is 2.59 bits per heavy atom. The van der Waals surface area contributed by atoms with E-state index in [0.29, 0.717) is 29.0 Å². The minimum atomic E-state index is -0.500. The zero-order valence-corrected chi connectivity index (χ0v) is 13.6. The molecule has 124 valence electrons. The Bertz CT molecular complexity index is 496. The van der Waals surface area contributed by atoms with E-state index in [2.05, 4.69) is 6.92 Å². The fourth-order valence-electron chi connectivity index (χ4n) is 2.38. The molecule has 2 N–H and O–H groups in total. The quantitative estimate of drug-likeness (QED) is 0.542. The molecule has 1 aromatic carbocycles. The van der Waals surface area contributed by atoms with Crippen LogP contribution in [0, 0.1) is 6.92 Å². The van der Waals surface area contributed by atoms with Crippen molar-refractivity contribution < 1.29 is 24.5 Å². The summed E-state index contributed by atoms with van der Waals surface area (Å²) in [6.45, 7) is 4.18. The number of hydrogen-bond donors (Lipinski definition) is 2. The number of phenolic OH excluding ortho intramolecular Hbond substituents is 1. The number of rotatable bonds is 9. The van der Waals surface area contributed by atoms with Gasteiger partial charge in [0.05, 0.1) is 13.7 Å². The van der Waals surface area contributed by atoms with Crippen LogP contribution in [-0.2, 0) is 11.2 Å². The predicted molar refractivity (Wildman–Crippen MR) is 84.6 cm³/mol. The molecular weight excluding hydrogens is 284 g/mol. The van der Waals surface area contributed by atoms with Gasteiger partial charge in [-0.05, 0) is 25.0 Å². The van der Waals surface area contributed by atoms with Crippen molar-refractivity contribution in [2.75, 3.05) is 20.3 Å². The molecule has 0 heterocycles. The summed E-state index contributed by atoms with van der Waals surface area (Å²) in [5.41, 5.74) is 1.36. The van der Waals surface area contributed by atoms with E-state index < -0.39 is 5.97 Å². The van der Waals surface area contributed by atoms with Crippen LogP contribution in [0.25, 0.3) is 0 Å². The Balaban J connectivity index is 3.08. The van der Waals surface area contributed by atoms with Crippen LogP contribution < -0.4 is 4.74 Å². The second kappa shape index (κ2) is 9.30. The first-order valence-corrected chi connectivity index (χ1v) is 7.74. The summed E-state index contributed by atoms with van der Waals surface area (Å²) in [5.74, 6) is -0.141. The molecule has 5 nitrogen and oxygen atoms in total. The molecule has 1 aromatic rings. The maximum Gasteiger partial charge on any atom is 0.341 e. The van der Waals surface area contributed by atoms with Crippen molar-refractivity contribution in [3.63, 3.8) is 0 Å². The Morgan fingerprint density at radius 1 is 1.27 bits per heavy atom. The summed E-state index contributed by atoms with van der Waals surface area (Å²) in [5, 5.41) is 19.3. The molecule has 0 bridgehead atoms. The highest BCUT2D eigenvalue weighted by atomic mass is 16.5. The Hall–Kier alpha value is -1.75. The predicted octanol–water partition coefficient (Wildman–Crippen LogP) is 2.98. The van der Waals surface area contributed by atoms with E-state index in [9.17, 15) is 15.0 Å². The Labute approximate surface area is 131 Å². The lowest BCUT2D eigenvalue weighted by atomic mass is 10.00. The van der Waals surface area contributed by atoms with Gasteiger partial charge in [0.25, 0.3) is 0 Å². The summed E-state index contributed by atoms with van der Waals surface area (Å²) in [7, 11) is 1.31. The van der Waals surface area contributed by atoms with Crippen molar-refractivity contribution in [1.29, 1.82) is 0 Å². The topological polar surface area (TPSA) is 76.0 Å². The number of benzene rings is 1. The average molecular weight is 310 g/mol. The molecule has 0 aromatic heterocycles. The van der Waals surface area contributed by atoms with Crippen LogP contribution in [0.1, 0.15) is 54.1 Å². The Kier molecular flexibility index (Phi) is 7.74. The summed E-state index contributed by atoms with van der Waals surface area (Å²) >= 11 is 0. The van der Waals surface area contributed by atoms with Crippen molar-refractivity contribution in [3.05, 3.63) is 22.8 Å². The summed E-state index contributed by atoms with van der Waals surface area (Å²) in [4.78, 5) is 12.0. The van der Waals surface area contributed by atoms with Gasteiger partial charge in [0.15, 0.2) is 0 Å². The third kappa shape index (κ3) is 4.63. The van der Waals surface area contributed by atoms with E-state index in [-0.39, 0.29) is 18.8 Å². The number of esters is 1. The fraction of sp³-hybridized carbons (Fsp3) is 0.588. The molecular formula is C17H26O5. The molecule has 22 heavy (non-hydrogen) atoms. The number of methoxy groups -OCH3 is 1. The third-order valence-electron chi connectivity index (χ3n) is 3.55. The number of carbonyl (C=O) groups is 1. The molecule has 5 heteroatoms. The normalized spacial score (nSPS) is 10.5. The van der Waals surface area contributed by atoms with Crippen LogP contribution in [0.5, 0.6) is 11.5 Å². The van der Waals surface area contributed by atoms with E-state index in [1.807, 2.05) is 0 Å². The highest BCUT2D eigenvalue weighted by Gasteiger charge is 2.23. The fourth-order valence-corrected chi connectivity index (χ4v) is 2.38. The SMILES string of the molecule is CCCCCCOc1c(CCO)c(O)cc(C)c1C(=O)OC. The van der Waals surface area contributed by atoms with Gasteiger partial charge in [0.1, 0.15) is 17.1 Å². The van der Waals surface area contributed by atoms with Crippen molar-refractivity contribution in [1.82, 2.24) is 0 Å². The van der Waals surface area contributed by atoms with Crippen molar-refractivity contribution in [2.45, 2.75) is 46.0 Å². The smallest absolute Gasteiger partial charge is 0.341 e. The van der Waals surface area contributed by atoms with Gasteiger partial charge in [-0.3, -0.25) is 0 Å². The molecule has 0 saturated carbocycles. The van der Waals surface area contributed by atoms with E-state index >= 15 is 0 Å². The van der Waals surface area contributed by atoms with Gasteiger partial charge in [-0.1, -0.05) is 26.2 Å². The average Bonchev–Trinajstić information content (AvgIpc) is 2.49. The van der Waals surface area contributed by atoms with E-state index in [4.69, 9.17) is 9.47 Å². The molecule has 0 saturated heterocycles. The summed E-state index contributed by atoms with van der Waals surface area (Å²) < 4.78 is 10.6. The maximum absolute atomic E-state index is 12.0. The molecule has 0 aliphatic rings. The molecule has 0 unspecified atom stereocenters. The number of aromatic hydroxyl groups is 1. The molecule has 0 radical (unpaired) electrons. The molecule has 0 aliphatic heterocycles. The largest absolute Gasteiger partial charge is 0.508 e. The van der Waals surface area contributed by atoms with Crippen LogP contribution in [0.2, 0.25) is 0 Å². The van der Waals surface area contributed by atoms with Gasteiger partial charge in [0.2, 0.25) is 0 Å². The molecule has 0 aliphatic carbocycles. The molecule has 0 fully saturated rings. The van der Waals surface area contributed by atoms with Crippen molar-refractivity contribution >= 4 is 5.97 Å². The molecule has 0 spiro atoms. The van der Waals surface area contributed by atoms with E-state index in [1.54, 1.807) is 6.92 Å². The number of aliphatic hydroxyl groups is 1.